The van der Waals surface area contributed by atoms with Gasteiger partial charge in [-0.1, -0.05) is 30.3 Å². The summed E-state index contributed by atoms with van der Waals surface area (Å²) in [4.78, 5) is 12.3. The van der Waals surface area contributed by atoms with Crippen LogP contribution in [-0.4, -0.2) is 18.0 Å². The van der Waals surface area contributed by atoms with Crippen LogP contribution >= 0.6 is 0 Å². The number of carbonyl (C=O) groups is 1. The number of nitrogens with two attached hydrogens (primary N) is 1. The lowest BCUT2D eigenvalue weighted by atomic mass is 10.0. The fraction of sp³-hybridized carbons (Fsp3) is 0.0714. The topological polar surface area (TPSA) is 72.6 Å². The van der Waals surface area contributed by atoms with Gasteiger partial charge in [0.2, 0.25) is 5.78 Å². The molecule has 0 aliphatic heterocycles. The summed E-state index contributed by atoms with van der Waals surface area (Å²) in [7, 11) is 1.41. The van der Waals surface area contributed by atoms with E-state index in [1.54, 1.807) is 24.3 Å². The largest absolute Gasteiger partial charge is 0.507 e. The van der Waals surface area contributed by atoms with Crippen LogP contribution in [0.3, 0.4) is 0 Å². The number of benzene rings is 2. The van der Waals surface area contributed by atoms with Gasteiger partial charge in [-0.2, -0.15) is 0 Å². The predicted molar refractivity (Wildman–Crippen MR) is 68.9 cm³/mol. The average Bonchev–Trinajstić information content (AvgIpc) is 2.41. The number of rotatable bonds is 3. The monoisotopic (exact) mass is 243 g/mol. The molecule has 0 aromatic heterocycles. The molecule has 0 unspecified atom stereocenters. The van der Waals surface area contributed by atoms with Crippen molar-refractivity contribution in [2.75, 3.05) is 12.8 Å². The molecule has 0 aliphatic rings. The zero-order valence-electron chi connectivity index (χ0n) is 9.88. The highest BCUT2D eigenvalue weighted by Gasteiger charge is 2.20. The number of ketones is 1. The van der Waals surface area contributed by atoms with E-state index in [-0.39, 0.29) is 22.8 Å². The maximum absolute atomic E-state index is 12.3. The Morgan fingerprint density at radius 1 is 1.17 bits per heavy atom. The van der Waals surface area contributed by atoms with Gasteiger partial charge in [0.1, 0.15) is 11.3 Å². The SMILES string of the molecule is COc1c(N)ccc(O)c1C(=O)c1ccccc1. The minimum absolute atomic E-state index is 0.0868. The van der Waals surface area contributed by atoms with Gasteiger partial charge in [-0.05, 0) is 12.1 Å². The summed E-state index contributed by atoms with van der Waals surface area (Å²) in [5.41, 5.74) is 6.60. The lowest BCUT2D eigenvalue weighted by Crippen LogP contribution is -2.06. The van der Waals surface area contributed by atoms with Crippen molar-refractivity contribution in [1.29, 1.82) is 0 Å². The molecule has 3 N–H and O–H groups in total. The van der Waals surface area contributed by atoms with E-state index < -0.39 is 0 Å². The molecule has 0 fully saturated rings. The quantitative estimate of drug-likeness (QED) is 0.492. The van der Waals surface area contributed by atoms with Crippen molar-refractivity contribution < 1.29 is 14.6 Å². The fourth-order valence-electron chi connectivity index (χ4n) is 1.76. The van der Waals surface area contributed by atoms with Crippen molar-refractivity contribution in [3.05, 3.63) is 53.6 Å². The standard InChI is InChI=1S/C14H13NO3/c1-18-14-10(15)7-8-11(16)12(14)13(17)9-5-3-2-4-6-9/h2-8,16H,15H2,1H3. The predicted octanol–water partition coefficient (Wildman–Crippen LogP) is 2.21. The second kappa shape index (κ2) is 4.79. The van der Waals surface area contributed by atoms with E-state index in [9.17, 15) is 9.90 Å². The van der Waals surface area contributed by atoms with E-state index >= 15 is 0 Å². The first-order valence-electron chi connectivity index (χ1n) is 5.40. The third kappa shape index (κ3) is 2.00. The summed E-state index contributed by atoms with van der Waals surface area (Å²) in [6.07, 6.45) is 0. The maximum Gasteiger partial charge on any atom is 0.200 e. The molecule has 0 saturated carbocycles. The number of anilines is 1. The number of nitrogen functional groups attached to an aromatic ring is 1. The van der Waals surface area contributed by atoms with Gasteiger partial charge >= 0.3 is 0 Å². The van der Waals surface area contributed by atoms with Crippen LogP contribution in [0.1, 0.15) is 15.9 Å². The van der Waals surface area contributed by atoms with Crippen molar-refractivity contribution >= 4 is 11.5 Å². The average molecular weight is 243 g/mol. The van der Waals surface area contributed by atoms with Gasteiger partial charge < -0.3 is 15.6 Å². The molecule has 0 radical (unpaired) electrons. The Hall–Kier alpha value is -2.49. The zero-order valence-corrected chi connectivity index (χ0v) is 9.88. The summed E-state index contributed by atoms with van der Waals surface area (Å²) in [6, 6.07) is 11.5. The Balaban J connectivity index is 2.58. The molecule has 0 atom stereocenters. The number of aromatic hydroxyl groups is 1. The number of hydrogen-bond acceptors (Lipinski definition) is 4. The molecule has 0 spiro atoms. The van der Waals surface area contributed by atoms with Gasteiger partial charge in [-0.15, -0.1) is 0 Å². The van der Waals surface area contributed by atoms with Crippen molar-refractivity contribution in [2.24, 2.45) is 0 Å². The van der Waals surface area contributed by atoms with Gasteiger partial charge in [0.15, 0.2) is 5.75 Å². The van der Waals surface area contributed by atoms with E-state index in [0.717, 1.165) is 0 Å². The fourth-order valence-corrected chi connectivity index (χ4v) is 1.76. The first-order chi connectivity index (χ1) is 8.65. The zero-order chi connectivity index (χ0) is 13.1. The molecular weight excluding hydrogens is 230 g/mol. The molecular formula is C14H13NO3. The van der Waals surface area contributed by atoms with Gasteiger partial charge in [0.05, 0.1) is 12.8 Å². The van der Waals surface area contributed by atoms with E-state index in [1.807, 2.05) is 6.07 Å². The Morgan fingerprint density at radius 2 is 1.83 bits per heavy atom. The minimum Gasteiger partial charge on any atom is -0.507 e. The van der Waals surface area contributed by atoms with Gasteiger partial charge in [0.25, 0.3) is 0 Å². The second-order valence-corrected chi connectivity index (χ2v) is 3.78. The maximum atomic E-state index is 12.3. The number of phenolic OH excluding ortho intramolecular Hbond substituents is 1. The number of hydrogen-bond donors (Lipinski definition) is 2. The second-order valence-electron chi connectivity index (χ2n) is 3.78. The number of ether oxygens (including phenoxy) is 1. The number of methoxy groups -OCH3 is 1. The molecule has 18 heavy (non-hydrogen) atoms. The normalized spacial score (nSPS) is 10.1. The smallest absolute Gasteiger partial charge is 0.200 e. The van der Waals surface area contributed by atoms with Crippen molar-refractivity contribution in [3.8, 4) is 11.5 Å². The highest BCUT2D eigenvalue weighted by atomic mass is 16.5. The Kier molecular flexibility index (Phi) is 3.19. The molecule has 0 saturated heterocycles. The molecule has 2 aromatic rings. The summed E-state index contributed by atoms with van der Waals surface area (Å²) in [5, 5.41) is 9.82. The van der Waals surface area contributed by atoms with Crippen LogP contribution in [0.2, 0.25) is 0 Å². The molecule has 4 nitrogen and oxygen atoms in total. The molecule has 2 aromatic carbocycles. The van der Waals surface area contributed by atoms with Crippen LogP contribution in [0, 0.1) is 0 Å². The lowest BCUT2D eigenvalue weighted by Gasteiger charge is -2.11. The minimum atomic E-state index is -0.322. The van der Waals surface area contributed by atoms with Crippen LogP contribution in [-0.2, 0) is 0 Å². The van der Waals surface area contributed by atoms with Crippen LogP contribution in [0.25, 0.3) is 0 Å². The van der Waals surface area contributed by atoms with Gasteiger partial charge in [-0.25, -0.2) is 0 Å². The third-order valence-electron chi connectivity index (χ3n) is 2.63. The molecule has 0 aliphatic carbocycles. The molecule has 0 bridgehead atoms. The van der Waals surface area contributed by atoms with Crippen LogP contribution in [0.5, 0.6) is 11.5 Å². The molecule has 2 rings (SSSR count). The summed E-state index contributed by atoms with van der Waals surface area (Å²) >= 11 is 0. The Bertz CT molecular complexity index is 579. The van der Waals surface area contributed by atoms with Crippen molar-refractivity contribution in [3.63, 3.8) is 0 Å². The van der Waals surface area contributed by atoms with Crippen LogP contribution in [0.4, 0.5) is 5.69 Å². The highest BCUT2D eigenvalue weighted by molar-refractivity contribution is 6.13. The van der Waals surface area contributed by atoms with E-state index in [1.165, 1.54) is 19.2 Å². The molecule has 4 heteroatoms. The highest BCUT2D eigenvalue weighted by Crippen LogP contribution is 2.34. The van der Waals surface area contributed by atoms with E-state index in [2.05, 4.69) is 0 Å². The van der Waals surface area contributed by atoms with Crippen LogP contribution < -0.4 is 10.5 Å². The molecule has 0 heterocycles. The van der Waals surface area contributed by atoms with Gasteiger partial charge in [0, 0.05) is 5.56 Å². The summed E-state index contributed by atoms with van der Waals surface area (Å²) < 4.78 is 5.09. The third-order valence-corrected chi connectivity index (χ3v) is 2.63. The number of carbonyl (C=O) groups excluding carboxylic acids is 1. The van der Waals surface area contributed by atoms with Crippen molar-refractivity contribution in [1.82, 2.24) is 0 Å². The van der Waals surface area contributed by atoms with E-state index in [4.69, 9.17) is 10.5 Å². The molecule has 92 valence electrons. The number of phenols is 1. The summed E-state index contributed by atoms with van der Waals surface area (Å²) in [5.74, 6) is -0.268. The van der Waals surface area contributed by atoms with Crippen LogP contribution in [0.15, 0.2) is 42.5 Å². The first kappa shape index (κ1) is 12.0. The molecule has 0 amide bonds. The Labute approximate surface area is 105 Å². The van der Waals surface area contributed by atoms with Crippen molar-refractivity contribution in [2.45, 2.75) is 0 Å². The lowest BCUT2D eigenvalue weighted by molar-refractivity contribution is 0.103. The van der Waals surface area contributed by atoms with E-state index in [0.29, 0.717) is 11.3 Å². The Morgan fingerprint density at radius 3 is 2.44 bits per heavy atom. The first-order valence-corrected chi connectivity index (χ1v) is 5.40. The van der Waals surface area contributed by atoms with Gasteiger partial charge in [-0.3, -0.25) is 4.79 Å². The summed E-state index contributed by atoms with van der Waals surface area (Å²) in [6.45, 7) is 0.